The van der Waals surface area contributed by atoms with Gasteiger partial charge in [-0.15, -0.1) is 0 Å². The Hall–Kier alpha value is -3.72. The molecule has 32 heavy (non-hydrogen) atoms. The van der Waals surface area contributed by atoms with E-state index in [-0.39, 0.29) is 16.6 Å². The second kappa shape index (κ2) is 9.61. The van der Waals surface area contributed by atoms with E-state index in [0.29, 0.717) is 37.6 Å². The monoisotopic (exact) mass is 452 g/mol. The van der Waals surface area contributed by atoms with Crippen molar-refractivity contribution in [1.29, 1.82) is 0 Å². The minimum Gasteiger partial charge on any atom is -0.459 e. The van der Waals surface area contributed by atoms with Crippen molar-refractivity contribution < 1.29 is 18.4 Å². The van der Waals surface area contributed by atoms with E-state index >= 15 is 0 Å². The van der Waals surface area contributed by atoms with Crippen LogP contribution in [0, 0.1) is 5.82 Å². The number of amides is 2. The molecule has 1 fully saturated rings. The van der Waals surface area contributed by atoms with E-state index < -0.39 is 11.7 Å². The van der Waals surface area contributed by atoms with E-state index in [1.807, 2.05) is 24.3 Å². The van der Waals surface area contributed by atoms with E-state index in [9.17, 15) is 14.0 Å². The van der Waals surface area contributed by atoms with Gasteiger partial charge in [-0.25, -0.2) is 4.39 Å². The van der Waals surface area contributed by atoms with Crippen LogP contribution in [-0.2, 0) is 0 Å². The quantitative estimate of drug-likeness (QED) is 0.590. The predicted molar refractivity (Wildman–Crippen MR) is 123 cm³/mol. The first-order valence-electron chi connectivity index (χ1n) is 10.1. The lowest BCUT2D eigenvalue weighted by Crippen LogP contribution is -2.48. The molecule has 0 spiro atoms. The first-order chi connectivity index (χ1) is 15.5. The van der Waals surface area contributed by atoms with Gasteiger partial charge < -0.3 is 19.5 Å². The summed E-state index contributed by atoms with van der Waals surface area (Å²) in [7, 11) is 0. The summed E-state index contributed by atoms with van der Waals surface area (Å²) in [5.74, 6) is -0.964. The molecule has 2 heterocycles. The topological polar surface area (TPSA) is 77.8 Å². The van der Waals surface area contributed by atoms with Crippen LogP contribution < -0.4 is 15.5 Å². The second-order valence-corrected chi connectivity index (χ2v) is 7.60. The van der Waals surface area contributed by atoms with Gasteiger partial charge in [-0.1, -0.05) is 12.1 Å². The number of thiocarbonyl (C=S) groups is 1. The average Bonchev–Trinajstić information content (AvgIpc) is 3.34. The molecule has 3 aromatic rings. The number of piperazine rings is 1. The molecule has 1 aliphatic rings. The molecule has 0 atom stereocenters. The number of carbonyl (C=O) groups excluding carboxylic acids is 2. The van der Waals surface area contributed by atoms with Gasteiger partial charge in [0.05, 0.1) is 11.8 Å². The third-order valence-corrected chi connectivity index (χ3v) is 5.34. The Labute approximate surface area is 189 Å². The molecule has 9 heteroatoms. The summed E-state index contributed by atoms with van der Waals surface area (Å²) in [6, 6.07) is 16.7. The van der Waals surface area contributed by atoms with Crippen molar-refractivity contribution in [3.05, 3.63) is 84.1 Å². The van der Waals surface area contributed by atoms with Gasteiger partial charge in [-0.05, 0) is 60.7 Å². The third-order valence-electron chi connectivity index (χ3n) is 5.13. The van der Waals surface area contributed by atoms with Crippen LogP contribution in [0.1, 0.15) is 20.9 Å². The highest BCUT2D eigenvalue weighted by atomic mass is 32.1. The predicted octanol–water partition coefficient (Wildman–Crippen LogP) is 3.51. The maximum atomic E-state index is 13.7. The van der Waals surface area contributed by atoms with Gasteiger partial charge in [-0.2, -0.15) is 0 Å². The number of hydrogen-bond donors (Lipinski definition) is 2. The summed E-state index contributed by atoms with van der Waals surface area (Å²) in [6.07, 6.45) is 1.50. The molecule has 2 aromatic carbocycles. The largest absolute Gasteiger partial charge is 0.459 e. The van der Waals surface area contributed by atoms with Crippen LogP contribution >= 0.6 is 12.2 Å². The number of furan rings is 1. The van der Waals surface area contributed by atoms with Crippen molar-refractivity contribution in [3.8, 4) is 0 Å². The van der Waals surface area contributed by atoms with Crippen LogP contribution in [0.4, 0.5) is 15.8 Å². The van der Waals surface area contributed by atoms with Gasteiger partial charge in [0.2, 0.25) is 0 Å². The van der Waals surface area contributed by atoms with Crippen molar-refractivity contribution in [2.75, 3.05) is 36.4 Å². The standard InChI is InChI=1S/C23H21FN4O3S/c24-19-5-2-1-4-18(19)21(29)26-23(32)25-16-7-9-17(10-8-16)27-11-13-28(14-12-27)22(30)20-6-3-15-31-20/h1-10,15H,11-14H2,(H2,25,26,29,32). The number of rotatable bonds is 4. The Balaban J connectivity index is 1.29. The number of halogens is 1. The Morgan fingerprint density at radius 3 is 2.31 bits per heavy atom. The zero-order valence-corrected chi connectivity index (χ0v) is 17.9. The number of nitrogens with zero attached hydrogens (tertiary/aromatic N) is 2. The molecule has 0 saturated carbocycles. The highest BCUT2D eigenvalue weighted by Gasteiger charge is 2.23. The van der Waals surface area contributed by atoms with E-state index in [4.69, 9.17) is 16.6 Å². The molecule has 164 valence electrons. The molecule has 0 bridgehead atoms. The van der Waals surface area contributed by atoms with Crippen molar-refractivity contribution in [2.24, 2.45) is 0 Å². The van der Waals surface area contributed by atoms with Crippen LogP contribution in [0.5, 0.6) is 0 Å². The summed E-state index contributed by atoms with van der Waals surface area (Å²) >= 11 is 5.16. The molecular weight excluding hydrogens is 431 g/mol. The van der Waals surface area contributed by atoms with Crippen molar-refractivity contribution in [1.82, 2.24) is 10.2 Å². The minimum atomic E-state index is -0.612. The molecule has 4 rings (SSSR count). The van der Waals surface area contributed by atoms with E-state index in [2.05, 4.69) is 15.5 Å². The fourth-order valence-corrected chi connectivity index (χ4v) is 3.67. The normalized spacial score (nSPS) is 13.5. The van der Waals surface area contributed by atoms with Crippen LogP contribution in [0.15, 0.2) is 71.3 Å². The summed E-state index contributed by atoms with van der Waals surface area (Å²) < 4.78 is 18.9. The summed E-state index contributed by atoms with van der Waals surface area (Å²) in [4.78, 5) is 28.5. The Morgan fingerprint density at radius 2 is 1.66 bits per heavy atom. The first-order valence-corrected chi connectivity index (χ1v) is 10.5. The molecule has 1 saturated heterocycles. The Morgan fingerprint density at radius 1 is 0.938 bits per heavy atom. The molecule has 2 amide bonds. The van der Waals surface area contributed by atoms with Crippen LogP contribution in [0.3, 0.4) is 0 Å². The maximum absolute atomic E-state index is 13.7. The Bertz CT molecular complexity index is 1110. The molecule has 0 radical (unpaired) electrons. The van der Waals surface area contributed by atoms with Gasteiger partial charge in [0, 0.05) is 37.6 Å². The SMILES string of the molecule is O=C(NC(=S)Nc1ccc(N2CCN(C(=O)c3ccco3)CC2)cc1)c1ccccc1F. The van der Waals surface area contributed by atoms with Gasteiger partial charge in [-0.3, -0.25) is 14.9 Å². The van der Waals surface area contributed by atoms with E-state index in [1.165, 1.54) is 24.5 Å². The molecule has 7 nitrogen and oxygen atoms in total. The van der Waals surface area contributed by atoms with E-state index in [1.54, 1.807) is 23.1 Å². The maximum Gasteiger partial charge on any atom is 0.289 e. The van der Waals surface area contributed by atoms with Crippen molar-refractivity contribution in [2.45, 2.75) is 0 Å². The second-order valence-electron chi connectivity index (χ2n) is 7.19. The highest BCUT2D eigenvalue weighted by molar-refractivity contribution is 7.80. The van der Waals surface area contributed by atoms with Crippen molar-refractivity contribution in [3.63, 3.8) is 0 Å². The van der Waals surface area contributed by atoms with Gasteiger partial charge >= 0.3 is 0 Å². The average molecular weight is 453 g/mol. The highest BCUT2D eigenvalue weighted by Crippen LogP contribution is 2.20. The summed E-state index contributed by atoms with van der Waals surface area (Å²) in [5.41, 5.74) is 1.64. The summed E-state index contributed by atoms with van der Waals surface area (Å²) in [5, 5.41) is 5.48. The molecular formula is C23H21FN4O3S. The molecule has 0 aliphatic carbocycles. The van der Waals surface area contributed by atoms with Gasteiger partial charge in [0.25, 0.3) is 11.8 Å². The number of anilines is 2. The lowest BCUT2D eigenvalue weighted by Gasteiger charge is -2.35. The van der Waals surface area contributed by atoms with Crippen LogP contribution in [-0.4, -0.2) is 48.0 Å². The number of nitrogens with one attached hydrogen (secondary N) is 2. The fourth-order valence-electron chi connectivity index (χ4n) is 3.46. The zero-order valence-electron chi connectivity index (χ0n) is 17.1. The van der Waals surface area contributed by atoms with Gasteiger partial charge in [0.15, 0.2) is 10.9 Å². The van der Waals surface area contributed by atoms with E-state index in [0.717, 1.165) is 5.69 Å². The third kappa shape index (κ3) is 4.94. The number of hydrogen-bond acceptors (Lipinski definition) is 5. The molecule has 1 aliphatic heterocycles. The lowest BCUT2D eigenvalue weighted by molar-refractivity contribution is 0.0714. The van der Waals surface area contributed by atoms with Gasteiger partial charge in [0.1, 0.15) is 5.82 Å². The summed E-state index contributed by atoms with van der Waals surface area (Å²) in [6.45, 7) is 2.62. The number of benzene rings is 2. The molecule has 0 unspecified atom stereocenters. The Kier molecular flexibility index (Phi) is 6.46. The number of carbonyl (C=O) groups is 2. The fraction of sp³-hybridized carbons (Fsp3) is 0.174. The smallest absolute Gasteiger partial charge is 0.289 e. The minimum absolute atomic E-state index is 0.0725. The zero-order chi connectivity index (χ0) is 22.5. The van der Waals surface area contributed by atoms with Crippen LogP contribution in [0.25, 0.3) is 0 Å². The van der Waals surface area contributed by atoms with Crippen LogP contribution in [0.2, 0.25) is 0 Å². The molecule has 1 aromatic heterocycles. The molecule has 2 N–H and O–H groups in total. The lowest BCUT2D eigenvalue weighted by atomic mass is 10.2. The van der Waals surface area contributed by atoms with Crippen molar-refractivity contribution >= 4 is 40.5 Å². The first kappa shape index (κ1) is 21.5.